The molecule has 1 unspecified atom stereocenters. The lowest BCUT2D eigenvalue weighted by atomic mass is 9.87. The SMILES string of the molecule is CC1=Nc2sc(C(=O)NC3CCc4cc(N5CCNCC5)ccc4C3)c(N)c2NC1. The first-order valence-corrected chi connectivity index (χ1v) is 11.5. The van der Waals surface area contributed by atoms with Crippen molar-refractivity contribution in [3.63, 3.8) is 0 Å². The lowest BCUT2D eigenvalue weighted by molar-refractivity contribution is 0.0938. The van der Waals surface area contributed by atoms with Crippen molar-refractivity contribution >= 4 is 45.0 Å². The summed E-state index contributed by atoms with van der Waals surface area (Å²) in [6, 6.07) is 6.94. The van der Waals surface area contributed by atoms with Gasteiger partial charge >= 0.3 is 0 Å². The van der Waals surface area contributed by atoms with Crippen LogP contribution in [0.1, 0.15) is 34.1 Å². The predicted molar refractivity (Wildman–Crippen MR) is 125 cm³/mol. The summed E-state index contributed by atoms with van der Waals surface area (Å²) in [5.41, 5.74) is 12.6. The van der Waals surface area contributed by atoms with Gasteiger partial charge in [0.05, 0.1) is 17.9 Å². The van der Waals surface area contributed by atoms with Crippen molar-refractivity contribution in [1.29, 1.82) is 0 Å². The fourth-order valence-electron chi connectivity index (χ4n) is 4.51. The van der Waals surface area contributed by atoms with Crippen LogP contribution in [0.5, 0.6) is 0 Å². The van der Waals surface area contributed by atoms with E-state index in [9.17, 15) is 4.79 Å². The molecule has 2 aromatic rings. The molecular formula is C22H28N6OS. The van der Waals surface area contributed by atoms with Crippen LogP contribution in [0, 0.1) is 0 Å². The van der Waals surface area contributed by atoms with Crippen molar-refractivity contribution in [2.45, 2.75) is 32.2 Å². The van der Waals surface area contributed by atoms with Gasteiger partial charge in [0, 0.05) is 43.6 Å². The van der Waals surface area contributed by atoms with E-state index in [0.717, 1.165) is 61.8 Å². The third-order valence-corrected chi connectivity index (χ3v) is 7.28. The number of anilines is 3. The second-order valence-electron chi connectivity index (χ2n) is 8.33. The Bertz CT molecular complexity index is 1010. The topological polar surface area (TPSA) is 94.8 Å². The highest BCUT2D eigenvalue weighted by Gasteiger charge is 2.26. The van der Waals surface area contributed by atoms with Crippen LogP contribution in [0.4, 0.5) is 22.1 Å². The van der Waals surface area contributed by atoms with Crippen LogP contribution in [-0.4, -0.2) is 50.4 Å². The zero-order valence-corrected chi connectivity index (χ0v) is 18.1. The molecule has 1 fully saturated rings. The van der Waals surface area contributed by atoms with E-state index in [0.29, 0.717) is 17.1 Å². The molecule has 0 bridgehead atoms. The number of aliphatic imine (C=N–C) groups is 1. The number of carbonyl (C=O) groups excluding carboxylic acids is 1. The number of thiophene rings is 1. The summed E-state index contributed by atoms with van der Waals surface area (Å²) in [6.07, 6.45) is 2.80. The number of nitrogens with zero attached hydrogens (tertiary/aromatic N) is 2. The van der Waals surface area contributed by atoms with E-state index in [1.165, 1.54) is 28.2 Å². The molecule has 0 spiro atoms. The number of nitrogen functional groups attached to an aromatic ring is 1. The van der Waals surface area contributed by atoms with Gasteiger partial charge in [0.15, 0.2) is 0 Å². The molecule has 1 saturated heterocycles. The lowest BCUT2D eigenvalue weighted by Crippen LogP contribution is -2.43. The van der Waals surface area contributed by atoms with E-state index < -0.39 is 0 Å². The molecule has 0 saturated carbocycles. The van der Waals surface area contributed by atoms with Crippen LogP contribution in [0.2, 0.25) is 0 Å². The van der Waals surface area contributed by atoms with Crippen LogP contribution in [0.3, 0.4) is 0 Å². The second kappa shape index (κ2) is 7.92. The molecule has 1 aromatic heterocycles. The number of fused-ring (bicyclic) bond motifs is 2. The van der Waals surface area contributed by atoms with Crippen molar-refractivity contribution in [3.8, 4) is 0 Å². The maximum atomic E-state index is 12.9. The van der Waals surface area contributed by atoms with Gasteiger partial charge in [0.25, 0.3) is 5.91 Å². The first kappa shape index (κ1) is 19.4. The minimum absolute atomic E-state index is 0.0903. The average Bonchev–Trinajstić information content (AvgIpc) is 3.09. The van der Waals surface area contributed by atoms with Gasteiger partial charge in [-0.25, -0.2) is 4.99 Å². The standard InChI is InChI=1S/C22H28N6OS/c1-13-12-25-19-18(23)20(30-22(19)26-13)21(29)27-16-4-2-15-11-17(5-3-14(15)10-16)28-8-6-24-7-9-28/h3,5,11,16,24-25H,2,4,6-10,12,23H2,1H3,(H,27,29). The molecule has 7 nitrogen and oxygen atoms in total. The summed E-state index contributed by atoms with van der Waals surface area (Å²) in [5, 5.41) is 10.7. The normalized spacial score (nSPS) is 20.6. The van der Waals surface area contributed by atoms with Gasteiger partial charge < -0.3 is 26.6 Å². The summed E-state index contributed by atoms with van der Waals surface area (Å²) in [4.78, 5) is 20.5. The van der Waals surface area contributed by atoms with Crippen molar-refractivity contribution in [3.05, 3.63) is 34.2 Å². The number of hydrogen-bond acceptors (Lipinski definition) is 7. The molecule has 3 aliphatic rings. The maximum Gasteiger partial charge on any atom is 0.263 e. The third-order valence-electron chi connectivity index (χ3n) is 6.18. The van der Waals surface area contributed by atoms with E-state index in [4.69, 9.17) is 5.73 Å². The highest BCUT2D eigenvalue weighted by molar-refractivity contribution is 7.19. The number of carbonyl (C=O) groups is 1. The first-order chi connectivity index (χ1) is 14.6. The van der Waals surface area contributed by atoms with E-state index in [-0.39, 0.29) is 11.9 Å². The third kappa shape index (κ3) is 3.65. The molecule has 2 aliphatic heterocycles. The Labute approximate surface area is 180 Å². The van der Waals surface area contributed by atoms with Crippen LogP contribution in [-0.2, 0) is 12.8 Å². The summed E-state index contributed by atoms with van der Waals surface area (Å²) < 4.78 is 0. The predicted octanol–water partition coefficient (Wildman–Crippen LogP) is 2.55. The van der Waals surface area contributed by atoms with Crippen LogP contribution in [0.15, 0.2) is 23.2 Å². The smallest absolute Gasteiger partial charge is 0.263 e. The molecular weight excluding hydrogens is 396 g/mol. The van der Waals surface area contributed by atoms with Gasteiger partial charge in [-0.1, -0.05) is 6.07 Å². The summed E-state index contributed by atoms with van der Waals surface area (Å²) >= 11 is 1.37. The Kier molecular flexibility index (Phi) is 5.12. The lowest BCUT2D eigenvalue weighted by Gasteiger charge is -2.31. The van der Waals surface area contributed by atoms with Crippen molar-refractivity contribution in [2.75, 3.05) is 48.7 Å². The van der Waals surface area contributed by atoms with Gasteiger partial charge in [0.1, 0.15) is 9.88 Å². The van der Waals surface area contributed by atoms with E-state index in [2.05, 4.69) is 44.0 Å². The molecule has 1 aliphatic carbocycles. The molecule has 158 valence electrons. The molecule has 8 heteroatoms. The number of aryl methyl sites for hydroxylation is 1. The van der Waals surface area contributed by atoms with Gasteiger partial charge in [-0.3, -0.25) is 4.79 Å². The molecule has 1 amide bonds. The molecule has 5 N–H and O–H groups in total. The first-order valence-electron chi connectivity index (χ1n) is 10.7. The molecule has 30 heavy (non-hydrogen) atoms. The Hall–Kier alpha value is -2.58. The second-order valence-corrected chi connectivity index (χ2v) is 9.33. The zero-order chi connectivity index (χ0) is 20.7. The molecule has 1 atom stereocenters. The summed E-state index contributed by atoms with van der Waals surface area (Å²) in [5.74, 6) is -0.0903. The molecule has 1 aromatic carbocycles. The van der Waals surface area contributed by atoms with Gasteiger partial charge in [-0.15, -0.1) is 11.3 Å². The number of hydrogen-bond donors (Lipinski definition) is 4. The van der Waals surface area contributed by atoms with Crippen molar-refractivity contribution in [2.24, 2.45) is 4.99 Å². The monoisotopic (exact) mass is 424 g/mol. The van der Waals surface area contributed by atoms with Crippen molar-refractivity contribution < 1.29 is 4.79 Å². The highest BCUT2D eigenvalue weighted by atomic mass is 32.1. The van der Waals surface area contributed by atoms with Crippen molar-refractivity contribution in [1.82, 2.24) is 10.6 Å². The Morgan fingerprint density at radius 1 is 1.30 bits per heavy atom. The summed E-state index contributed by atoms with van der Waals surface area (Å²) in [6.45, 7) is 6.84. The Morgan fingerprint density at radius 2 is 2.13 bits per heavy atom. The molecule has 0 radical (unpaired) electrons. The van der Waals surface area contributed by atoms with E-state index >= 15 is 0 Å². The number of nitrogens with two attached hydrogens (primary N) is 1. The zero-order valence-electron chi connectivity index (χ0n) is 17.3. The highest BCUT2D eigenvalue weighted by Crippen LogP contribution is 2.44. The molecule has 3 heterocycles. The number of nitrogens with one attached hydrogen (secondary N) is 3. The van der Waals surface area contributed by atoms with Crippen LogP contribution in [0.25, 0.3) is 0 Å². The fraction of sp³-hybridized carbons (Fsp3) is 0.455. The van der Waals surface area contributed by atoms with E-state index in [1.54, 1.807) is 0 Å². The average molecular weight is 425 g/mol. The quantitative estimate of drug-likeness (QED) is 0.607. The minimum Gasteiger partial charge on any atom is -0.396 e. The van der Waals surface area contributed by atoms with Crippen LogP contribution < -0.4 is 26.6 Å². The number of benzene rings is 1. The molecule has 5 rings (SSSR count). The number of rotatable bonds is 3. The number of piperazine rings is 1. The maximum absolute atomic E-state index is 12.9. The summed E-state index contributed by atoms with van der Waals surface area (Å²) in [7, 11) is 0. The fourth-order valence-corrected chi connectivity index (χ4v) is 5.56. The van der Waals surface area contributed by atoms with E-state index in [1.807, 2.05) is 6.92 Å². The largest absolute Gasteiger partial charge is 0.396 e. The Balaban J connectivity index is 1.27. The number of amides is 1. The Morgan fingerprint density at radius 3 is 2.97 bits per heavy atom. The van der Waals surface area contributed by atoms with Gasteiger partial charge in [-0.2, -0.15) is 0 Å². The minimum atomic E-state index is -0.0903. The van der Waals surface area contributed by atoms with Gasteiger partial charge in [-0.05, 0) is 49.4 Å². The van der Waals surface area contributed by atoms with Gasteiger partial charge in [0.2, 0.25) is 0 Å². The van der Waals surface area contributed by atoms with Crippen LogP contribution >= 0.6 is 11.3 Å².